The zero-order valence-electron chi connectivity index (χ0n) is 18.3. The fourth-order valence-corrected chi connectivity index (χ4v) is 3.86. The van der Waals surface area contributed by atoms with Crippen molar-refractivity contribution in [2.45, 2.75) is 33.0 Å². The summed E-state index contributed by atoms with van der Waals surface area (Å²) in [4.78, 5) is 25.4. The average Bonchev–Trinajstić information content (AvgIpc) is 3.14. The molecule has 33 heavy (non-hydrogen) atoms. The summed E-state index contributed by atoms with van der Waals surface area (Å²) < 4.78 is 53.1. The number of carbonyl (C=O) groups is 1. The molecule has 2 aromatic heterocycles. The lowest BCUT2D eigenvalue weighted by atomic mass is 10.1. The Morgan fingerprint density at radius 2 is 1.73 bits per heavy atom. The zero-order chi connectivity index (χ0) is 23.8. The number of anilines is 1. The van der Waals surface area contributed by atoms with Crippen molar-refractivity contribution in [1.29, 1.82) is 0 Å². The Balaban J connectivity index is 1.58. The highest BCUT2D eigenvalue weighted by molar-refractivity contribution is 5.94. The van der Waals surface area contributed by atoms with Crippen molar-refractivity contribution < 1.29 is 22.4 Å². The number of halogens is 4. The molecule has 0 radical (unpaired) electrons. The molecule has 3 aromatic rings. The Bertz CT molecular complexity index is 1130. The Labute approximate surface area is 188 Å². The molecule has 4 rings (SSSR count). The molecule has 1 aliphatic rings. The molecule has 1 aromatic carbocycles. The maximum atomic E-state index is 13.2. The van der Waals surface area contributed by atoms with Crippen LogP contribution in [0.1, 0.15) is 30.0 Å². The molecule has 1 saturated heterocycles. The lowest BCUT2D eigenvalue weighted by molar-refractivity contribution is -0.141. The first-order valence-corrected chi connectivity index (χ1v) is 10.7. The first kappa shape index (κ1) is 22.9. The third-order valence-electron chi connectivity index (χ3n) is 5.40. The highest BCUT2D eigenvalue weighted by atomic mass is 19.4. The highest BCUT2D eigenvalue weighted by Gasteiger charge is 2.31. The van der Waals surface area contributed by atoms with Gasteiger partial charge in [0.25, 0.3) is 5.91 Å². The Morgan fingerprint density at radius 1 is 1.06 bits per heavy atom. The van der Waals surface area contributed by atoms with Crippen LogP contribution >= 0.6 is 0 Å². The van der Waals surface area contributed by atoms with E-state index < -0.39 is 18.5 Å². The molecule has 0 saturated carbocycles. The smallest absolute Gasteiger partial charge is 0.352 e. The monoisotopic (exact) mass is 464 g/mol. The summed E-state index contributed by atoms with van der Waals surface area (Å²) in [6.45, 7) is 4.44. The number of benzene rings is 1. The molecule has 1 aliphatic heterocycles. The third-order valence-corrected chi connectivity index (χ3v) is 5.40. The van der Waals surface area contributed by atoms with Gasteiger partial charge in [0.1, 0.15) is 24.0 Å². The number of hydrogen-bond donors (Lipinski definition) is 0. The van der Waals surface area contributed by atoms with Crippen molar-refractivity contribution in [3.8, 4) is 0 Å². The van der Waals surface area contributed by atoms with Crippen molar-refractivity contribution >= 4 is 22.8 Å². The number of amides is 1. The number of alkyl halides is 3. The first-order valence-electron chi connectivity index (χ1n) is 10.7. The second-order valence-electron chi connectivity index (χ2n) is 8.50. The predicted octanol–water partition coefficient (Wildman–Crippen LogP) is 3.69. The number of rotatable bonds is 5. The third kappa shape index (κ3) is 5.23. The van der Waals surface area contributed by atoms with Crippen LogP contribution in [-0.2, 0) is 13.0 Å². The second kappa shape index (κ2) is 8.95. The number of fused-ring (bicyclic) bond motifs is 1. The lowest BCUT2D eigenvalue weighted by Crippen LogP contribution is -2.49. The Morgan fingerprint density at radius 3 is 2.33 bits per heavy atom. The van der Waals surface area contributed by atoms with Crippen LogP contribution in [0.3, 0.4) is 0 Å². The molecule has 1 amide bonds. The van der Waals surface area contributed by atoms with Crippen molar-refractivity contribution in [1.82, 2.24) is 24.6 Å². The number of carbonyl (C=O) groups excluding carboxylic acids is 1. The van der Waals surface area contributed by atoms with Crippen molar-refractivity contribution in [3.05, 3.63) is 47.7 Å². The van der Waals surface area contributed by atoms with Gasteiger partial charge in [-0.25, -0.2) is 19.0 Å². The van der Waals surface area contributed by atoms with Crippen LogP contribution in [0.15, 0.2) is 30.5 Å². The molecule has 0 atom stereocenters. The quantitative estimate of drug-likeness (QED) is 0.539. The maximum Gasteiger partial charge on any atom is 0.408 e. The molecular weight excluding hydrogens is 440 g/mol. The largest absolute Gasteiger partial charge is 0.408 e. The van der Waals surface area contributed by atoms with Crippen LogP contribution < -0.4 is 4.90 Å². The molecule has 1 fully saturated rings. The molecule has 7 nitrogen and oxygen atoms in total. The summed E-state index contributed by atoms with van der Waals surface area (Å²) in [6.07, 6.45) is -2.54. The first-order chi connectivity index (χ1) is 15.6. The fourth-order valence-electron chi connectivity index (χ4n) is 3.86. The minimum Gasteiger partial charge on any atom is -0.352 e. The molecular formula is C22H24F4N6O. The highest BCUT2D eigenvalue weighted by Crippen LogP contribution is 2.28. The minimum absolute atomic E-state index is 0.151. The van der Waals surface area contributed by atoms with Crippen LogP contribution in [0.4, 0.5) is 23.4 Å². The summed E-state index contributed by atoms with van der Waals surface area (Å²) in [5, 5.41) is 4.37. The van der Waals surface area contributed by atoms with Crippen molar-refractivity contribution in [3.63, 3.8) is 0 Å². The zero-order valence-corrected chi connectivity index (χ0v) is 18.3. The molecule has 176 valence electrons. The van der Waals surface area contributed by atoms with Gasteiger partial charge in [0, 0.05) is 38.2 Å². The van der Waals surface area contributed by atoms with Crippen LogP contribution in [-0.4, -0.2) is 62.9 Å². The van der Waals surface area contributed by atoms with Gasteiger partial charge in [-0.05, 0) is 30.2 Å². The van der Waals surface area contributed by atoms with Crippen LogP contribution in [0.5, 0.6) is 0 Å². The van der Waals surface area contributed by atoms with Gasteiger partial charge in [-0.15, -0.1) is 0 Å². The molecule has 0 bridgehead atoms. The molecule has 3 heterocycles. The van der Waals surface area contributed by atoms with E-state index in [2.05, 4.69) is 15.1 Å². The predicted molar refractivity (Wildman–Crippen MR) is 114 cm³/mol. The Kier molecular flexibility index (Phi) is 6.22. The number of piperazine rings is 1. The van der Waals surface area contributed by atoms with Crippen LogP contribution in [0, 0.1) is 11.7 Å². The number of nitrogens with zero attached hydrogens (tertiary/aromatic N) is 6. The van der Waals surface area contributed by atoms with Gasteiger partial charge in [-0.1, -0.05) is 13.8 Å². The van der Waals surface area contributed by atoms with Gasteiger partial charge in [-0.3, -0.25) is 4.79 Å². The summed E-state index contributed by atoms with van der Waals surface area (Å²) >= 11 is 0. The van der Waals surface area contributed by atoms with E-state index in [1.807, 2.05) is 18.7 Å². The fraction of sp³-hybridized carbons (Fsp3) is 0.455. The van der Waals surface area contributed by atoms with Crippen molar-refractivity contribution in [2.75, 3.05) is 31.1 Å². The van der Waals surface area contributed by atoms with Crippen LogP contribution in [0.2, 0.25) is 0 Å². The van der Waals surface area contributed by atoms with Gasteiger partial charge < -0.3 is 9.80 Å². The molecule has 0 unspecified atom stereocenters. The molecule has 0 N–H and O–H groups in total. The van der Waals surface area contributed by atoms with E-state index in [0.29, 0.717) is 55.2 Å². The summed E-state index contributed by atoms with van der Waals surface area (Å²) in [5.41, 5.74) is 0.555. The maximum absolute atomic E-state index is 13.2. The lowest BCUT2D eigenvalue weighted by Gasteiger charge is -2.35. The standard InChI is InChI=1S/C22H24F4N6O/c1-14(2)11-18-28-19(17-12-27-32(20(17)29-18)13-22(24,25)26)30-7-9-31(10-8-30)21(33)15-3-5-16(23)6-4-15/h3-6,12,14H,7-11,13H2,1-2H3. The van der Waals surface area contributed by atoms with E-state index in [4.69, 9.17) is 0 Å². The van der Waals surface area contributed by atoms with E-state index in [1.54, 1.807) is 4.90 Å². The SMILES string of the molecule is CC(C)Cc1nc(N2CCN(C(=O)c3ccc(F)cc3)CC2)c2cnn(CC(F)(F)F)c2n1. The minimum atomic E-state index is -4.42. The van der Waals surface area contributed by atoms with Crippen LogP contribution in [0.25, 0.3) is 11.0 Å². The summed E-state index contributed by atoms with van der Waals surface area (Å²) in [5.74, 6) is 0.604. The topological polar surface area (TPSA) is 67.2 Å². The van der Waals surface area contributed by atoms with E-state index in [-0.39, 0.29) is 17.5 Å². The summed E-state index contributed by atoms with van der Waals surface area (Å²) in [6, 6.07) is 5.39. The molecule has 0 spiro atoms. The van der Waals surface area contributed by atoms with Gasteiger partial charge in [-0.2, -0.15) is 18.3 Å². The van der Waals surface area contributed by atoms with E-state index in [1.165, 1.54) is 30.5 Å². The van der Waals surface area contributed by atoms with Gasteiger partial charge in [0.05, 0.1) is 11.6 Å². The number of aromatic nitrogens is 4. The van der Waals surface area contributed by atoms with Gasteiger partial charge in [0.2, 0.25) is 0 Å². The van der Waals surface area contributed by atoms with Gasteiger partial charge in [0.15, 0.2) is 5.65 Å². The molecule has 11 heteroatoms. The number of hydrogen-bond acceptors (Lipinski definition) is 5. The summed E-state index contributed by atoms with van der Waals surface area (Å²) in [7, 11) is 0. The van der Waals surface area contributed by atoms with E-state index >= 15 is 0 Å². The Hall–Kier alpha value is -3.24. The average molecular weight is 464 g/mol. The molecule has 0 aliphatic carbocycles. The van der Waals surface area contributed by atoms with Crippen molar-refractivity contribution in [2.24, 2.45) is 5.92 Å². The van der Waals surface area contributed by atoms with E-state index in [0.717, 1.165) is 4.68 Å². The normalized spacial score (nSPS) is 15.0. The second-order valence-corrected chi connectivity index (χ2v) is 8.50. The van der Waals surface area contributed by atoms with E-state index in [9.17, 15) is 22.4 Å². The van der Waals surface area contributed by atoms with Gasteiger partial charge >= 0.3 is 6.18 Å².